The molecule has 1 fully saturated rings. The fraction of sp³-hybridized carbons (Fsp3) is 0.360. The number of nitrogens with zero attached hydrogens (tertiary/aromatic N) is 1. The minimum Gasteiger partial charge on any atom is -0.467 e. The van der Waals surface area contributed by atoms with Crippen LogP contribution in [0.1, 0.15) is 30.4 Å². The van der Waals surface area contributed by atoms with Crippen molar-refractivity contribution in [2.45, 2.75) is 49.6 Å². The van der Waals surface area contributed by atoms with E-state index in [1.165, 1.54) is 11.4 Å². The summed E-state index contributed by atoms with van der Waals surface area (Å²) in [6, 6.07) is 12.4. The summed E-state index contributed by atoms with van der Waals surface area (Å²) < 4.78 is 32.9. The van der Waals surface area contributed by atoms with E-state index in [2.05, 4.69) is 10.3 Å². The molecule has 1 aromatic heterocycles. The molecular formula is C25H29N3O5S. The molecule has 2 aromatic carbocycles. The highest BCUT2D eigenvalue weighted by molar-refractivity contribution is 7.89. The first kappa shape index (κ1) is 24.0. The van der Waals surface area contributed by atoms with Gasteiger partial charge in [-0.25, -0.2) is 13.2 Å². The number of carbonyl (C=O) groups is 2. The fourth-order valence-corrected chi connectivity index (χ4v) is 6.08. The minimum atomic E-state index is -3.86. The van der Waals surface area contributed by atoms with Gasteiger partial charge in [-0.3, -0.25) is 4.79 Å². The molecule has 2 heterocycles. The number of para-hydroxylation sites is 1. The van der Waals surface area contributed by atoms with Gasteiger partial charge >= 0.3 is 5.97 Å². The molecule has 1 amide bonds. The summed E-state index contributed by atoms with van der Waals surface area (Å²) in [5.41, 5.74) is 2.74. The Morgan fingerprint density at radius 1 is 1.15 bits per heavy atom. The van der Waals surface area contributed by atoms with Gasteiger partial charge in [0.05, 0.1) is 12.0 Å². The number of carbonyl (C=O) groups excluding carboxylic acids is 2. The molecule has 9 heteroatoms. The van der Waals surface area contributed by atoms with Crippen molar-refractivity contribution in [2.75, 3.05) is 13.7 Å². The zero-order valence-corrected chi connectivity index (χ0v) is 20.1. The number of ether oxygens (including phenoxy) is 1. The van der Waals surface area contributed by atoms with Crippen LogP contribution in [0, 0.1) is 6.92 Å². The van der Waals surface area contributed by atoms with Gasteiger partial charge in [-0.2, -0.15) is 4.31 Å². The SMILES string of the molecule is COC(=O)[C@@H](Cc1c[nH]c2ccccc12)NC(=O)[C@H]1CCCCN1S(=O)(=O)c1ccc(C)cc1. The highest BCUT2D eigenvalue weighted by atomic mass is 32.2. The van der Waals surface area contributed by atoms with E-state index in [1.807, 2.05) is 37.4 Å². The number of rotatable bonds is 7. The molecule has 0 radical (unpaired) electrons. The Morgan fingerprint density at radius 3 is 2.62 bits per heavy atom. The average Bonchev–Trinajstić information content (AvgIpc) is 3.26. The summed E-state index contributed by atoms with van der Waals surface area (Å²) in [5.74, 6) is -1.08. The van der Waals surface area contributed by atoms with Gasteiger partial charge in [0.15, 0.2) is 0 Å². The Morgan fingerprint density at radius 2 is 1.88 bits per heavy atom. The van der Waals surface area contributed by atoms with Crippen LogP contribution >= 0.6 is 0 Å². The number of esters is 1. The maximum Gasteiger partial charge on any atom is 0.328 e. The van der Waals surface area contributed by atoms with Gasteiger partial charge in [-0.15, -0.1) is 0 Å². The summed E-state index contributed by atoms with van der Waals surface area (Å²) in [6.07, 6.45) is 3.81. The first-order chi connectivity index (χ1) is 16.3. The van der Waals surface area contributed by atoms with Crippen LogP contribution in [0.25, 0.3) is 10.9 Å². The summed E-state index contributed by atoms with van der Waals surface area (Å²) in [5, 5.41) is 3.72. The normalized spacial score (nSPS) is 17.9. The van der Waals surface area contributed by atoms with E-state index in [-0.39, 0.29) is 17.9 Å². The minimum absolute atomic E-state index is 0.154. The molecule has 3 aromatic rings. The molecule has 8 nitrogen and oxygen atoms in total. The van der Waals surface area contributed by atoms with Crippen molar-refractivity contribution in [2.24, 2.45) is 0 Å². The number of amides is 1. The lowest BCUT2D eigenvalue weighted by molar-refractivity contribution is -0.145. The standard InChI is InChI=1S/C25H29N3O5S/c1-17-10-12-19(13-11-17)34(31,32)28-14-6-5-9-23(28)24(29)27-22(25(30)33-2)15-18-16-26-21-8-4-3-7-20(18)21/h3-4,7-8,10-13,16,22-23,26H,5-6,9,14-15H2,1-2H3,(H,27,29)/t22-,23-/m1/s1. The Labute approximate surface area is 199 Å². The van der Waals surface area contributed by atoms with E-state index < -0.39 is 34.0 Å². The first-order valence-corrected chi connectivity index (χ1v) is 12.8. The molecule has 0 bridgehead atoms. The summed E-state index contributed by atoms with van der Waals surface area (Å²) in [6.45, 7) is 2.13. The molecule has 180 valence electrons. The average molecular weight is 484 g/mol. The third-order valence-corrected chi connectivity index (χ3v) is 8.21. The molecule has 0 spiro atoms. The van der Waals surface area contributed by atoms with Crippen molar-refractivity contribution in [3.05, 3.63) is 65.9 Å². The fourth-order valence-electron chi connectivity index (χ4n) is 4.42. The number of nitrogens with one attached hydrogen (secondary N) is 2. The number of sulfonamides is 1. The maximum atomic E-state index is 13.3. The lowest BCUT2D eigenvalue weighted by atomic mass is 10.0. The van der Waals surface area contributed by atoms with Gasteiger partial charge in [0.2, 0.25) is 15.9 Å². The highest BCUT2D eigenvalue weighted by Crippen LogP contribution is 2.26. The maximum absolute atomic E-state index is 13.3. The van der Waals surface area contributed by atoms with Crippen LogP contribution in [0.4, 0.5) is 0 Å². The van der Waals surface area contributed by atoms with Crippen molar-refractivity contribution >= 4 is 32.8 Å². The number of methoxy groups -OCH3 is 1. The van der Waals surface area contributed by atoms with Crippen LogP contribution in [0.15, 0.2) is 59.6 Å². The van der Waals surface area contributed by atoms with Crippen LogP contribution in [-0.2, 0) is 30.8 Å². The second-order valence-electron chi connectivity index (χ2n) is 8.59. The quantitative estimate of drug-likeness (QED) is 0.503. The molecule has 1 saturated heterocycles. The molecule has 2 atom stereocenters. The van der Waals surface area contributed by atoms with Crippen molar-refractivity contribution in [3.8, 4) is 0 Å². The molecule has 0 aliphatic carbocycles. The second kappa shape index (κ2) is 9.99. The lowest BCUT2D eigenvalue weighted by Gasteiger charge is -2.34. The van der Waals surface area contributed by atoms with Crippen molar-refractivity contribution < 1.29 is 22.7 Å². The van der Waals surface area contributed by atoms with Gasteiger partial charge in [0.25, 0.3) is 0 Å². The molecule has 0 saturated carbocycles. The van der Waals surface area contributed by atoms with E-state index in [1.54, 1.807) is 24.3 Å². The second-order valence-corrected chi connectivity index (χ2v) is 10.5. The van der Waals surface area contributed by atoms with Crippen LogP contribution in [0.2, 0.25) is 0 Å². The Balaban J connectivity index is 1.57. The monoisotopic (exact) mass is 483 g/mol. The molecule has 1 aliphatic rings. The van der Waals surface area contributed by atoms with Gasteiger partial charge in [-0.1, -0.05) is 42.3 Å². The molecular weight excluding hydrogens is 454 g/mol. The summed E-state index contributed by atoms with van der Waals surface area (Å²) >= 11 is 0. The zero-order valence-electron chi connectivity index (χ0n) is 19.3. The van der Waals surface area contributed by atoms with E-state index in [0.717, 1.165) is 28.5 Å². The number of aromatic nitrogens is 1. The van der Waals surface area contributed by atoms with Crippen LogP contribution in [0.3, 0.4) is 0 Å². The topological polar surface area (TPSA) is 109 Å². The van der Waals surface area contributed by atoms with E-state index in [4.69, 9.17) is 4.74 Å². The predicted octanol–water partition coefficient (Wildman–Crippen LogP) is 2.92. The smallest absolute Gasteiger partial charge is 0.328 e. The third-order valence-electron chi connectivity index (χ3n) is 6.29. The van der Waals surface area contributed by atoms with E-state index in [9.17, 15) is 18.0 Å². The van der Waals surface area contributed by atoms with Crippen LogP contribution in [-0.4, -0.2) is 55.3 Å². The Hall–Kier alpha value is -3.17. The Kier molecular flexibility index (Phi) is 7.04. The van der Waals surface area contributed by atoms with Gasteiger partial charge in [0, 0.05) is 30.1 Å². The Bertz CT molecular complexity index is 1280. The van der Waals surface area contributed by atoms with Crippen LogP contribution in [0.5, 0.6) is 0 Å². The number of hydrogen-bond acceptors (Lipinski definition) is 5. The number of aromatic amines is 1. The van der Waals surface area contributed by atoms with E-state index >= 15 is 0 Å². The van der Waals surface area contributed by atoms with Gasteiger partial charge in [-0.05, 0) is 43.5 Å². The molecule has 34 heavy (non-hydrogen) atoms. The highest BCUT2D eigenvalue weighted by Gasteiger charge is 2.39. The third kappa shape index (κ3) is 4.85. The van der Waals surface area contributed by atoms with Crippen LogP contribution < -0.4 is 5.32 Å². The number of piperidine rings is 1. The molecule has 2 N–H and O–H groups in total. The molecule has 4 rings (SSSR count). The zero-order chi connectivity index (χ0) is 24.3. The molecule has 0 unspecified atom stereocenters. The first-order valence-electron chi connectivity index (χ1n) is 11.3. The predicted molar refractivity (Wildman–Crippen MR) is 129 cm³/mol. The number of H-pyrrole nitrogens is 1. The number of fused-ring (bicyclic) bond motifs is 1. The molecule has 1 aliphatic heterocycles. The van der Waals surface area contributed by atoms with Crippen molar-refractivity contribution in [1.29, 1.82) is 0 Å². The van der Waals surface area contributed by atoms with Gasteiger partial charge in [0.1, 0.15) is 12.1 Å². The largest absolute Gasteiger partial charge is 0.467 e. The van der Waals surface area contributed by atoms with Crippen molar-refractivity contribution in [3.63, 3.8) is 0 Å². The number of hydrogen-bond donors (Lipinski definition) is 2. The van der Waals surface area contributed by atoms with Gasteiger partial charge < -0.3 is 15.0 Å². The lowest BCUT2D eigenvalue weighted by Crippen LogP contribution is -2.55. The van der Waals surface area contributed by atoms with E-state index in [0.29, 0.717) is 12.8 Å². The number of aryl methyl sites for hydroxylation is 1. The summed E-state index contributed by atoms with van der Waals surface area (Å²) in [7, 11) is -2.59. The summed E-state index contributed by atoms with van der Waals surface area (Å²) in [4.78, 5) is 29.2. The van der Waals surface area contributed by atoms with Crippen molar-refractivity contribution in [1.82, 2.24) is 14.6 Å². The number of benzene rings is 2.